The summed E-state index contributed by atoms with van der Waals surface area (Å²) in [6.07, 6.45) is -0.0681. The van der Waals surface area contributed by atoms with Crippen LogP contribution >= 0.6 is 0 Å². The van der Waals surface area contributed by atoms with E-state index in [9.17, 15) is 10.1 Å². The maximum absolute atomic E-state index is 11.1. The van der Waals surface area contributed by atoms with Crippen LogP contribution in [0.4, 0.5) is 5.69 Å². The summed E-state index contributed by atoms with van der Waals surface area (Å²) in [5.74, 6) is 1.38. The molecule has 7 nitrogen and oxygen atoms in total. The van der Waals surface area contributed by atoms with Crippen molar-refractivity contribution in [3.8, 4) is 5.75 Å². The van der Waals surface area contributed by atoms with E-state index in [0.29, 0.717) is 24.6 Å². The minimum Gasteiger partial charge on any atom is -0.489 e. The Kier molecular flexibility index (Phi) is 6.96. The van der Waals surface area contributed by atoms with Gasteiger partial charge in [0.05, 0.1) is 11.5 Å². The van der Waals surface area contributed by atoms with Crippen molar-refractivity contribution in [3.05, 3.63) is 69.8 Å². The summed E-state index contributed by atoms with van der Waals surface area (Å²) in [7, 11) is 1.65. The second-order valence-electron chi connectivity index (χ2n) is 5.94. The van der Waals surface area contributed by atoms with E-state index in [4.69, 9.17) is 4.74 Å². The molecule has 1 unspecified atom stereocenters. The molecule has 0 spiro atoms. The normalized spacial score (nSPS) is 12.3. The quantitative estimate of drug-likeness (QED) is 0.344. The van der Waals surface area contributed by atoms with Crippen molar-refractivity contribution in [3.63, 3.8) is 0 Å². The lowest BCUT2D eigenvalue weighted by Gasteiger charge is -2.18. The van der Waals surface area contributed by atoms with E-state index in [1.165, 1.54) is 6.07 Å². The maximum atomic E-state index is 11.1. The number of hydrogen-bond acceptors (Lipinski definition) is 4. The van der Waals surface area contributed by atoms with Crippen LogP contribution in [-0.4, -0.2) is 30.6 Å². The molecule has 0 saturated carbocycles. The summed E-state index contributed by atoms with van der Waals surface area (Å²) in [4.78, 5) is 14.8. The Labute approximate surface area is 153 Å². The number of hydrogen-bond donors (Lipinski definition) is 2. The van der Waals surface area contributed by atoms with Crippen molar-refractivity contribution < 1.29 is 9.66 Å². The standard InChI is InChI=1S/C19H24N4O3/c1-14-7-6-9-17(11-14)26-15(2)12-21-19(20-3)22-13-16-8-4-5-10-18(16)23(24)25/h4-11,15H,12-13H2,1-3H3,(H2,20,21,22). The molecule has 0 bridgehead atoms. The number of aryl methyl sites for hydroxylation is 1. The van der Waals surface area contributed by atoms with Crippen LogP contribution in [0.15, 0.2) is 53.5 Å². The van der Waals surface area contributed by atoms with Gasteiger partial charge in [0.1, 0.15) is 11.9 Å². The minimum atomic E-state index is -0.384. The second-order valence-corrected chi connectivity index (χ2v) is 5.94. The van der Waals surface area contributed by atoms with Gasteiger partial charge >= 0.3 is 0 Å². The Bertz CT molecular complexity index is 777. The molecular weight excluding hydrogens is 332 g/mol. The van der Waals surface area contributed by atoms with Gasteiger partial charge < -0.3 is 15.4 Å². The number of rotatable bonds is 7. The average molecular weight is 356 g/mol. The van der Waals surface area contributed by atoms with E-state index in [-0.39, 0.29) is 16.7 Å². The molecule has 0 aliphatic rings. The van der Waals surface area contributed by atoms with E-state index in [0.717, 1.165) is 11.3 Å². The lowest BCUT2D eigenvalue weighted by atomic mass is 10.2. The van der Waals surface area contributed by atoms with Crippen LogP contribution in [0.1, 0.15) is 18.1 Å². The van der Waals surface area contributed by atoms with Crippen LogP contribution in [0.3, 0.4) is 0 Å². The Morgan fingerprint density at radius 2 is 2.00 bits per heavy atom. The van der Waals surface area contributed by atoms with Gasteiger partial charge in [-0.2, -0.15) is 0 Å². The number of nitro benzene ring substituents is 1. The predicted molar refractivity (Wildman–Crippen MR) is 103 cm³/mol. The third-order valence-corrected chi connectivity index (χ3v) is 3.74. The molecule has 0 saturated heterocycles. The summed E-state index contributed by atoms with van der Waals surface area (Å²) in [5.41, 5.74) is 1.83. The van der Waals surface area contributed by atoms with E-state index >= 15 is 0 Å². The molecule has 26 heavy (non-hydrogen) atoms. The monoisotopic (exact) mass is 356 g/mol. The number of ether oxygens (including phenoxy) is 1. The summed E-state index contributed by atoms with van der Waals surface area (Å²) in [6.45, 7) is 4.84. The first kappa shape index (κ1) is 19.2. The fourth-order valence-electron chi connectivity index (χ4n) is 2.44. The summed E-state index contributed by atoms with van der Waals surface area (Å²) in [6, 6.07) is 14.5. The number of nitrogens with one attached hydrogen (secondary N) is 2. The highest BCUT2D eigenvalue weighted by Crippen LogP contribution is 2.17. The number of para-hydroxylation sites is 1. The highest BCUT2D eigenvalue weighted by molar-refractivity contribution is 5.79. The number of nitrogens with zero attached hydrogens (tertiary/aromatic N) is 2. The number of nitro groups is 1. The van der Waals surface area contributed by atoms with Gasteiger partial charge in [0.25, 0.3) is 5.69 Å². The SMILES string of the molecule is CN=C(NCc1ccccc1[N+](=O)[O-])NCC(C)Oc1cccc(C)c1. The smallest absolute Gasteiger partial charge is 0.274 e. The van der Waals surface area contributed by atoms with Gasteiger partial charge in [-0.3, -0.25) is 15.1 Å². The fraction of sp³-hybridized carbons (Fsp3) is 0.316. The molecule has 2 aromatic carbocycles. The van der Waals surface area contributed by atoms with Gasteiger partial charge in [-0.05, 0) is 31.5 Å². The number of guanidine groups is 1. The van der Waals surface area contributed by atoms with Crippen molar-refractivity contribution in [2.24, 2.45) is 4.99 Å². The first-order chi connectivity index (χ1) is 12.5. The van der Waals surface area contributed by atoms with E-state index < -0.39 is 0 Å². The second kappa shape index (κ2) is 9.41. The lowest BCUT2D eigenvalue weighted by molar-refractivity contribution is -0.385. The average Bonchev–Trinajstić information content (AvgIpc) is 2.62. The van der Waals surface area contributed by atoms with E-state index in [2.05, 4.69) is 15.6 Å². The largest absolute Gasteiger partial charge is 0.489 e. The molecule has 2 N–H and O–H groups in total. The Morgan fingerprint density at radius 1 is 1.23 bits per heavy atom. The molecule has 0 aromatic heterocycles. The first-order valence-corrected chi connectivity index (χ1v) is 8.39. The molecule has 2 aromatic rings. The number of aliphatic imine (C=N–C) groups is 1. The van der Waals surface area contributed by atoms with E-state index in [1.54, 1.807) is 25.2 Å². The molecule has 0 radical (unpaired) electrons. The Hall–Kier alpha value is -3.09. The van der Waals surface area contributed by atoms with Crippen molar-refractivity contribution in [1.82, 2.24) is 10.6 Å². The van der Waals surface area contributed by atoms with Crippen LogP contribution in [0.2, 0.25) is 0 Å². The molecule has 2 rings (SSSR count). The van der Waals surface area contributed by atoms with Crippen LogP contribution in [-0.2, 0) is 6.54 Å². The van der Waals surface area contributed by atoms with Crippen LogP contribution in [0.25, 0.3) is 0 Å². The third-order valence-electron chi connectivity index (χ3n) is 3.74. The summed E-state index contributed by atoms with van der Waals surface area (Å²) < 4.78 is 5.87. The molecule has 0 fully saturated rings. The van der Waals surface area contributed by atoms with Gasteiger partial charge in [-0.15, -0.1) is 0 Å². The molecule has 0 aliphatic heterocycles. The Balaban J connectivity index is 1.85. The zero-order valence-corrected chi connectivity index (χ0v) is 15.2. The van der Waals surface area contributed by atoms with Gasteiger partial charge in [0, 0.05) is 25.2 Å². The highest BCUT2D eigenvalue weighted by atomic mass is 16.6. The van der Waals surface area contributed by atoms with Crippen molar-refractivity contribution in [2.75, 3.05) is 13.6 Å². The Morgan fingerprint density at radius 3 is 2.69 bits per heavy atom. The molecule has 0 heterocycles. The fourth-order valence-corrected chi connectivity index (χ4v) is 2.44. The molecule has 1 atom stereocenters. The molecule has 0 aliphatic carbocycles. The topological polar surface area (TPSA) is 88.8 Å². The van der Waals surface area contributed by atoms with Crippen molar-refractivity contribution in [2.45, 2.75) is 26.5 Å². The van der Waals surface area contributed by atoms with E-state index in [1.807, 2.05) is 38.1 Å². The lowest BCUT2D eigenvalue weighted by Crippen LogP contribution is -2.41. The molecule has 7 heteroatoms. The van der Waals surface area contributed by atoms with Crippen LogP contribution in [0, 0.1) is 17.0 Å². The summed E-state index contributed by atoms with van der Waals surface area (Å²) >= 11 is 0. The zero-order valence-electron chi connectivity index (χ0n) is 15.2. The van der Waals surface area contributed by atoms with Gasteiger partial charge in [0.15, 0.2) is 5.96 Å². The predicted octanol–water partition coefficient (Wildman–Crippen LogP) is 3.04. The van der Waals surface area contributed by atoms with Crippen molar-refractivity contribution >= 4 is 11.6 Å². The molecule has 0 amide bonds. The first-order valence-electron chi connectivity index (χ1n) is 8.39. The number of benzene rings is 2. The van der Waals surface area contributed by atoms with Crippen LogP contribution < -0.4 is 15.4 Å². The minimum absolute atomic E-state index is 0.0681. The zero-order chi connectivity index (χ0) is 18.9. The van der Waals surface area contributed by atoms with Gasteiger partial charge in [0.2, 0.25) is 0 Å². The van der Waals surface area contributed by atoms with Gasteiger partial charge in [-0.25, -0.2) is 0 Å². The van der Waals surface area contributed by atoms with Crippen molar-refractivity contribution in [1.29, 1.82) is 0 Å². The highest BCUT2D eigenvalue weighted by Gasteiger charge is 2.12. The van der Waals surface area contributed by atoms with Gasteiger partial charge in [-0.1, -0.05) is 30.3 Å². The molecular formula is C19H24N4O3. The third kappa shape index (κ3) is 5.77. The van der Waals surface area contributed by atoms with Crippen LogP contribution in [0.5, 0.6) is 5.75 Å². The summed E-state index contributed by atoms with van der Waals surface area (Å²) in [5, 5.41) is 17.3. The maximum Gasteiger partial charge on any atom is 0.274 e. The molecule has 138 valence electrons.